The quantitative estimate of drug-likeness (QED) is 0.801. The second kappa shape index (κ2) is 5.98. The third kappa shape index (κ3) is 3.31. The van der Waals surface area contributed by atoms with Crippen LogP contribution in [0.2, 0.25) is 0 Å². The molecule has 20 heavy (non-hydrogen) atoms. The minimum atomic E-state index is -0.269. The van der Waals surface area contributed by atoms with E-state index in [9.17, 15) is 4.39 Å². The molecule has 2 rings (SSSR count). The van der Waals surface area contributed by atoms with E-state index in [2.05, 4.69) is 34.7 Å². The maximum absolute atomic E-state index is 14.5. The zero-order chi connectivity index (χ0) is 14.9. The largest absolute Gasteiger partial charge is 0.389 e. The summed E-state index contributed by atoms with van der Waals surface area (Å²) in [6.07, 6.45) is 3.33. The van der Waals surface area contributed by atoms with Crippen molar-refractivity contribution in [3.8, 4) is 0 Å². The second-order valence-electron chi connectivity index (χ2n) is 6.13. The molecule has 0 radical (unpaired) electrons. The molecule has 1 heterocycles. The fourth-order valence-electron chi connectivity index (χ4n) is 2.64. The molecule has 1 fully saturated rings. The Balaban J connectivity index is 2.29. The molecule has 1 aliphatic heterocycles. The van der Waals surface area contributed by atoms with Crippen LogP contribution < -0.4 is 10.6 Å². The Hall–Kier alpha value is -0.680. The van der Waals surface area contributed by atoms with Crippen LogP contribution in [0.3, 0.4) is 0 Å². The van der Waals surface area contributed by atoms with Crippen LogP contribution in [0, 0.1) is 11.2 Å². The van der Waals surface area contributed by atoms with Gasteiger partial charge in [0.25, 0.3) is 0 Å². The highest BCUT2D eigenvalue weighted by Crippen LogP contribution is 2.34. The molecule has 1 aromatic rings. The fraction of sp³-hybridized carbons (Fsp3) is 0.533. The van der Waals surface area contributed by atoms with Gasteiger partial charge in [0.15, 0.2) is 5.82 Å². The Kier molecular flexibility index (Phi) is 4.69. The number of nitrogens with zero attached hydrogens (tertiary/aromatic N) is 1. The summed E-state index contributed by atoms with van der Waals surface area (Å²) in [6.45, 7) is 6.32. The normalized spacial score (nSPS) is 18.7. The lowest BCUT2D eigenvalue weighted by molar-refractivity contribution is 0.325. The summed E-state index contributed by atoms with van der Waals surface area (Å²) >= 11 is 8.20. The molecule has 0 atom stereocenters. The lowest BCUT2D eigenvalue weighted by Gasteiger charge is -2.26. The molecule has 0 saturated carbocycles. The van der Waals surface area contributed by atoms with Crippen molar-refractivity contribution < 1.29 is 4.39 Å². The highest BCUT2D eigenvalue weighted by atomic mass is 79.9. The second-order valence-corrected chi connectivity index (χ2v) is 7.36. The van der Waals surface area contributed by atoms with Crippen molar-refractivity contribution in [1.29, 1.82) is 0 Å². The van der Waals surface area contributed by atoms with Crippen LogP contribution in [-0.4, -0.2) is 18.1 Å². The minimum Gasteiger partial charge on any atom is -0.389 e. The number of halogens is 2. The summed E-state index contributed by atoms with van der Waals surface area (Å²) in [6, 6.07) is 3.58. The predicted octanol–water partition coefficient (Wildman–Crippen LogP) is 4.24. The fourth-order valence-corrected chi connectivity index (χ4v) is 3.49. The van der Waals surface area contributed by atoms with Crippen molar-refractivity contribution in [2.24, 2.45) is 11.1 Å². The Morgan fingerprint density at radius 2 is 2.05 bits per heavy atom. The molecular formula is C15H20BrFN2S. The van der Waals surface area contributed by atoms with Crippen LogP contribution in [0.1, 0.15) is 38.7 Å². The topological polar surface area (TPSA) is 29.3 Å². The first kappa shape index (κ1) is 15.7. The number of hydrogen-bond acceptors (Lipinski definition) is 2. The van der Waals surface area contributed by atoms with Gasteiger partial charge in [-0.3, -0.25) is 0 Å². The van der Waals surface area contributed by atoms with E-state index >= 15 is 0 Å². The summed E-state index contributed by atoms with van der Waals surface area (Å²) in [5, 5.41) is 0. The lowest BCUT2D eigenvalue weighted by atomic mass is 9.85. The molecule has 1 saturated heterocycles. The minimum absolute atomic E-state index is 0.208. The highest BCUT2D eigenvalue weighted by molar-refractivity contribution is 9.10. The van der Waals surface area contributed by atoms with Gasteiger partial charge in [-0.25, -0.2) is 4.39 Å². The Labute approximate surface area is 133 Å². The van der Waals surface area contributed by atoms with E-state index < -0.39 is 0 Å². The molecular weight excluding hydrogens is 339 g/mol. The number of nitrogens with two attached hydrogens (primary N) is 1. The van der Waals surface area contributed by atoms with Crippen LogP contribution in [-0.2, 0) is 0 Å². The molecule has 0 aromatic heterocycles. The maximum atomic E-state index is 14.5. The van der Waals surface area contributed by atoms with Crippen molar-refractivity contribution in [3.63, 3.8) is 0 Å². The molecule has 0 amide bonds. The van der Waals surface area contributed by atoms with Gasteiger partial charge in [-0.15, -0.1) is 0 Å². The number of rotatable bonds is 2. The molecule has 5 heteroatoms. The van der Waals surface area contributed by atoms with E-state index in [1.807, 2.05) is 0 Å². The summed E-state index contributed by atoms with van der Waals surface area (Å²) in [7, 11) is 0. The van der Waals surface area contributed by atoms with E-state index in [1.165, 1.54) is 6.42 Å². The molecule has 0 spiro atoms. The van der Waals surface area contributed by atoms with Gasteiger partial charge in [0, 0.05) is 18.7 Å². The number of anilines is 1. The number of thiocarbonyl (C=S) groups is 1. The van der Waals surface area contributed by atoms with Gasteiger partial charge in [-0.1, -0.05) is 26.1 Å². The summed E-state index contributed by atoms with van der Waals surface area (Å²) < 4.78 is 14.9. The summed E-state index contributed by atoms with van der Waals surface area (Å²) in [5.74, 6) is -0.269. The van der Waals surface area contributed by atoms with Crippen LogP contribution in [0.5, 0.6) is 0 Å². The molecule has 2 N–H and O–H groups in total. The van der Waals surface area contributed by atoms with E-state index in [1.54, 1.807) is 12.1 Å². The van der Waals surface area contributed by atoms with Crippen molar-refractivity contribution >= 4 is 38.8 Å². The van der Waals surface area contributed by atoms with E-state index in [0.29, 0.717) is 21.1 Å². The number of hydrogen-bond donors (Lipinski definition) is 1. The zero-order valence-corrected chi connectivity index (χ0v) is 14.3. The van der Waals surface area contributed by atoms with Gasteiger partial charge < -0.3 is 10.6 Å². The molecule has 0 bridgehead atoms. The van der Waals surface area contributed by atoms with Crippen LogP contribution in [0.15, 0.2) is 16.6 Å². The third-order valence-corrected chi connectivity index (χ3v) is 5.00. The monoisotopic (exact) mass is 358 g/mol. The van der Waals surface area contributed by atoms with Crippen LogP contribution >= 0.6 is 28.1 Å². The summed E-state index contributed by atoms with van der Waals surface area (Å²) in [4.78, 5) is 2.33. The van der Waals surface area contributed by atoms with Crippen LogP contribution in [0.4, 0.5) is 10.1 Å². The standard InChI is InChI=1S/C15H20BrFN2S/c1-15(2)6-3-8-19(9-7-15)11-5-4-10(14(18)20)12(16)13(11)17/h4-5H,3,6-9H2,1-2H3,(H2,18,20). The van der Waals surface area contributed by atoms with Crippen molar-refractivity contribution in [2.45, 2.75) is 33.1 Å². The number of benzene rings is 1. The molecule has 1 aromatic carbocycles. The zero-order valence-electron chi connectivity index (χ0n) is 11.9. The van der Waals surface area contributed by atoms with Crippen molar-refractivity contribution in [3.05, 3.63) is 28.0 Å². The van der Waals surface area contributed by atoms with Gasteiger partial charge in [0.2, 0.25) is 0 Å². The molecule has 0 aliphatic carbocycles. The third-order valence-electron chi connectivity index (χ3n) is 4.01. The Bertz CT molecular complexity index is 531. The van der Waals surface area contributed by atoms with E-state index in [-0.39, 0.29) is 10.8 Å². The lowest BCUT2D eigenvalue weighted by Crippen LogP contribution is -2.26. The van der Waals surface area contributed by atoms with Crippen molar-refractivity contribution in [1.82, 2.24) is 0 Å². The highest BCUT2D eigenvalue weighted by Gasteiger charge is 2.25. The molecule has 1 aliphatic rings. The SMILES string of the molecule is CC1(C)CCCN(c2ccc(C(N)=S)c(Br)c2F)CC1. The van der Waals surface area contributed by atoms with Gasteiger partial charge in [-0.05, 0) is 52.7 Å². The summed E-state index contributed by atoms with van der Waals surface area (Å²) in [5.41, 5.74) is 7.11. The molecule has 2 nitrogen and oxygen atoms in total. The smallest absolute Gasteiger partial charge is 0.161 e. The van der Waals surface area contributed by atoms with Crippen LogP contribution in [0.25, 0.3) is 0 Å². The van der Waals surface area contributed by atoms with Crippen molar-refractivity contribution in [2.75, 3.05) is 18.0 Å². The Morgan fingerprint density at radius 1 is 1.35 bits per heavy atom. The van der Waals surface area contributed by atoms with Gasteiger partial charge in [-0.2, -0.15) is 0 Å². The Morgan fingerprint density at radius 3 is 2.70 bits per heavy atom. The molecule has 0 unspecified atom stereocenters. The average Bonchev–Trinajstić information content (AvgIpc) is 2.53. The van der Waals surface area contributed by atoms with E-state index in [0.717, 1.165) is 25.9 Å². The molecule has 110 valence electrons. The maximum Gasteiger partial charge on any atom is 0.161 e. The van der Waals surface area contributed by atoms with Gasteiger partial charge in [0.1, 0.15) is 4.99 Å². The predicted molar refractivity (Wildman–Crippen MR) is 89.8 cm³/mol. The first-order valence-corrected chi connectivity index (χ1v) is 8.05. The first-order chi connectivity index (χ1) is 9.32. The first-order valence-electron chi connectivity index (χ1n) is 6.84. The van der Waals surface area contributed by atoms with Gasteiger partial charge >= 0.3 is 0 Å². The van der Waals surface area contributed by atoms with E-state index in [4.69, 9.17) is 18.0 Å². The average molecular weight is 359 g/mol. The van der Waals surface area contributed by atoms with Gasteiger partial charge in [0.05, 0.1) is 10.2 Å².